The van der Waals surface area contributed by atoms with Crippen molar-refractivity contribution in [3.8, 4) is 11.5 Å². The molecule has 2 heterocycles. The van der Waals surface area contributed by atoms with Gasteiger partial charge in [-0.05, 0) is 43.5 Å². The van der Waals surface area contributed by atoms with Gasteiger partial charge in [0.15, 0.2) is 16.6 Å². The number of anilines is 1. The Morgan fingerprint density at radius 1 is 1.35 bits per heavy atom. The third-order valence-electron chi connectivity index (χ3n) is 4.18. The average molecular weight is 328 g/mol. The Kier molecular flexibility index (Phi) is 3.34. The number of thiazole rings is 1. The molecule has 23 heavy (non-hydrogen) atoms. The minimum absolute atomic E-state index is 0.00209. The van der Waals surface area contributed by atoms with Gasteiger partial charge in [0.25, 0.3) is 0 Å². The molecule has 0 saturated heterocycles. The van der Waals surface area contributed by atoms with E-state index in [1.807, 2.05) is 37.3 Å². The predicted octanol–water partition coefficient (Wildman–Crippen LogP) is 3.58. The fourth-order valence-corrected chi connectivity index (χ4v) is 3.55. The van der Waals surface area contributed by atoms with Gasteiger partial charge in [-0.2, -0.15) is 0 Å². The highest BCUT2D eigenvalue weighted by Gasteiger charge is 2.51. The van der Waals surface area contributed by atoms with E-state index < -0.39 is 5.41 Å². The molecule has 1 aliphatic carbocycles. The van der Waals surface area contributed by atoms with Crippen LogP contribution < -0.4 is 14.8 Å². The van der Waals surface area contributed by atoms with Crippen LogP contribution in [0.25, 0.3) is 6.08 Å². The number of carbonyl (C=O) groups excluding carboxylic acids is 1. The Morgan fingerprint density at radius 3 is 2.96 bits per heavy atom. The zero-order valence-electron chi connectivity index (χ0n) is 12.7. The maximum atomic E-state index is 12.7. The van der Waals surface area contributed by atoms with Crippen molar-refractivity contribution in [2.24, 2.45) is 0 Å². The first kappa shape index (κ1) is 14.3. The number of hydrogen-bond acceptors (Lipinski definition) is 5. The fourth-order valence-electron chi connectivity index (χ4n) is 2.77. The number of nitrogens with zero attached hydrogens (tertiary/aromatic N) is 1. The lowest BCUT2D eigenvalue weighted by Crippen LogP contribution is -2.27. The molecule has 1 aliphatic heterocycles. The summed E-state index contributed by atoms with van der Waals surface area (Å²) < 4.78 is 10.7. The molecule has 1 aromatic carbocycles. The second-order valence-corrected chi connectivity index (χ2v) is 6.73. The molecular formula is C17H16N2O3S. The van der Waals surface area contributed by atoms with Gasteiger partial charge < -0.3 is 14.8 Å². The number of amides is 1. The lowest BCUT2D eigenvalue weighted by Gasteiger charge is -2.15. The first-order valence-electron chi connectivity index (χ1n) is 7.51. The Balaban J connectivity index is 1.55. The fraction of sp³-hybridized carbons (Fsp3) is 0.294. The van der Waals surface area contributed by atoms with E-state index in [1.165, 1.54) is 11.3 Å². The Bertz CT molecular complexity index is 793. The standard InChI is InChI=1S/C17H16N2O3S/c1-2-3-12-9-18-16(23-12)19-15(20)17(6-7-17)11-4-5-13-14(8-11)22-10-21-13/h2-5,8-9H,6-7,10H2,1H3,(H,18,19,20)/b3-2+. The van der Waals surface area contributed by atoms with Crippen molar-refractivity contribution >= 4 is 28.5 Å². The average Bonchev–Trinajstić information content (AvgIpc) is 3.03. The molecule has 0 spiro atoms. The van der Waals surface area contributed by atoms with Crippen molar-refractivity contribution < 1.29 is 14.3 Å². The molecule has 4 rings (SSSR count). The number of hydrogen-bond donors (Lipinski definition) is 1. The summed E-state index contributed by atoms with van der Waals surface area (Å²) in [5.41, 5.74) is 0.512. The quantitative estimate of drug-likeness (QED) is 0.932. The van der Waals surface area contributed by atoms with Crippen LogP contribution in [-0.4, -0.2) is 17.7 Å². The summed E-state index contributed by atoms with van der Waals surface area (Å²) in [5, 5.41) is 3.59. The molecule has 0 atom stereocenters. The van der Waals surface area contributed by atoms with Crippen LogP contribution in [0.2, 0.25) is 0 Å². The molecule has 2 aromatic rings. The summed E-state index contributed by atoms with van der Waals surface area (Å²) in [5.74, 6) is 1.45. The van der Waals surface area contributed by atoms with Crippen molar-refractivity contribution in [3.63, 3.8) is 0 Å². The van der Waals surface area contributed by atoms with Crippen LogP contribution >= 0.6 is 11.3 Å². The highest BCUT2D eigenvalue weighted by molar-refractivity contribution is 7.16. The third kappa shape index (κ3) is 2.49. The molecule has 1 aromatic heterocycles. The van der Waals surface area contributed by atoms with Gasteiger partial charge >= 0.3 is 0 Å². The predicted molar refractivity (Wildman–Crippen MR) is 88.9 cm³/mol. The molecule has 0 bridgehead atoms. The van der Waals surface area contributed by atoms with E-state index >= 15 is 0 Å². The molecule has 1 amide bonds. The molecule has 1 N–H and O–H groups in total. The Morgan fingerprint density at radius 2 is 2.17 bits per heavy atom. The Hall–Kier alpha value is -2.34. The van der Waals surface area contributed by atoms with E-state index in [-0.39, 0.29) is 12.7 Å². The number of aromatic nitrogens is 1. The van der Waals surface area contributed by atoms with E-state index in [0.717, 1.165) is 29.0 Å². The number of allylic oxidation sites excluding steroid dienone is 1. The van der Waals surface area contributed by atoms with Gasteiger partial charge in [0, 0.05) is 11.1 Å². The first-order valence-corrected chi connectivity index (χ1v) is 8.33. The lowest BCUT2D eigenvalue weighted by molar-refractivity contribution is -0.118. The summed E-state index contributed by atoms with van der Waals surface area (Å²) in [6.45, 7) is 2.20. The first-order chi connectivity index (χ1) is 11.2. The van der Waals surface area contributed by atoms with E-state index in [4.69, 9.17) is 9.47 Å². The van der Waals surface area contributed by atoms with Crippen LogP contribution in [0, 0.1) is 0 Å². The number of fused-ring (bicyclic) bond motifs is 1. The minimum atomic E-state index is -0.465. The minimum Gasteiger partial charge on any atom is -0.454 e. The van der Waals surface area contributed by atoms with E-state index in [2.05, 4.69) is 10.3 Å². The van der Waals surface area contributed by atoms with Gasteiger partial charge in [0.2, 0.25) is 12.7 Å². The maximum Gasteiger partial charge on any atom is 0.236 e. The summed E-state index contributed by atoms with van der Waals surface area (Å²) in [7, 11) is 0. The molecule has 1 saturated carbocycles. The van der Waals surface area contributed by atoms with E-state index in [1.54, 1.807) is 6.20 Å². The van der Waals surface area contributed by atoms with Gasteiger partial charge in [-0.1, -0.05) is 23.5 Å². The van der Waals surface area contributed by atoms with Crippen LogP contribution in [0.1, 0.15) is 30.2 Å². The monoisotopic (exact) mass is 328 g/mol. The van der Waals surface area contributed by atoms with Crippen LogP contribution in [0.15, 0.2) is 30.5 Å². The second kappa shape index (κ2) is 5.38. The highest BCUT2D eigenvalue weighted by atomic mass is 32.1. The second-order valence-electron chi connectivity index (χ2n) is 5.67. The molecular weight excluding hydrogens is 312 g/mol. The maximum absolute atomic E-state index is 12.7. The molecule has 0 unspecified atom stereocenters. The number of rotatable bonds is 4. The number of carbonyl (C=O) groups is 1. The molecule has 6 heteroatoms. The van der Waals surface area contributed by atoms with Gasteiger partial charge in [0.1, 0.15) is 0 Å². The van der Waals surface area contributed by atoms with Crippen LogP contribution in [0.3, 0.4) is 0 Å². The van der Waals surface area contributed by atoms with Gasteiger partial charge in [-0.3, -0.25) is 4.79 Å². The summed E-state index contributed by atoms with van der Waals surface area (Å²) in [6, 6.07) is 5.74. The zero-order chi connectivity index (χ0) is 15.9. The Labute approximate surface area is 138 Å². The van der Waals surface area contributed by atoms with Crippen molar-refractivity contribution in [2.75, 3.05) is 12.1 Å². The topological polar surface area (TPSA) is 60.5 Å². The summed E-state index contributed by atoms with van der Waals surface area (Å²) >= 11 is 1.47. The smallest absolute Gasteiger partial charge is 0.236 e. The van der Waals surface area contributed by atoms with Crippen LogP contribution in [0.4, 0.5) is 5.13 Å². The number of ether oxygens (including phenoxy) is 2. The highest BCUT2D eigenvalue weighted by Crippen LogP contribution is 2.51. The zero-order valence-corrected chi connectivity index (χ0v) is 13.5. The van der Waals surface area contributed by atoms with Crippen LogP contribution in [-0.2, 0) is 10.2 Å². The van der Waals surface area contributed by atoms with Gasteiger partial charge in [-0.25, -0.2) is 4.98 Å². The lowest BCUT2D eigenvalue weighted by atomic mass is 9.94. The molecule has 2 aliphatic rings. The molecule has 118 valence electrons. The number of nitrogens with one attached hydrogen (secondary N) is 1. The van der Waals surface area contributed by atoms with Gasteiger partial charge in [-0.15, -0.1) is 0 Å². The molecule has 5 nitrogen and oxygen atoms in total. The number of benzene rings is 1. The van der Waals surface area contributed by atoms with Gasteiger partial charge in [0.05, 0.1) is 5.41 Å². The van der Waals surface area contributed by atoms with E-state index in [0.29, 0.717) is 10.9 Å². The normalized spacial score (nSPS) is 17.4. The van der Waals surface area contributed by atoms with E-state index in [9.17, 15) is 4.79 Å². The third-order valence-corrected chi connectivity index (χ3v) is 5.06. The summed E-state index contributed by atoms with van der Waals surface area (Å²) in [6.07, 6.45) is 7.36. The molecule has 0 radical (unpaired) electrons. The SMILES string of the molecule is C/C=C/c1cnc(NC(=O)C2(c3ccc4c(c3)OCO4)CC2)s1. The largest absolute Gasteiger partial charge is 0.454 e. The van der Waals surface area contributed by atoms with Crippen LogP contribution in [0.5, 0.6) is 11.5 Å². The van der Waals surface area contributed by atoms with Crippen molar-refractivity contribution in [1.29, 1.82) is 0 Å². The van der Waals surface area contributed by atoms with Crippen molar-refractivity contribution in [3.05, 3.63) is 40.9 Å². The molecule has 1 fully saturated rings. The van der Waals surface area contributed by atoms with Crippen molar-refractivity contribution in [1.82, 2.24) is 4.98 Å². The summed E-state index contributed by atoms with van der Waals surface area (Å²) in [4.78, 5) is 18.0. The van der Waals surface area contributed by atoms with Crippen molar-refractivity contribution in [2.45, 2.75) is 25.2 Å².